The van der Waals surface area contributed by atoms with Gasteiger partial charge in [0.1, 0.15) is 0 Å². The number of carbonyl (C=O) groups is 1. The maximum absolute atomic E-state index is 13.5. The fourth-order valence-electron chi connectivity index (χ4n) is 1.29. The van der Waals surface area contributed by atoms with Crippen LogP contribution in [0.5, 0.6) is 5.75 Å². The van der Waals surface area contributed by atoms with E-state index in [1.165, 1.54) is 13.8 Å². The van der Waals surface area contributed by atoms with Crippen LogP contribution >= 0.6 is 0 Å². The molecule has 6 nitrogen and oxygen atoms in total. The molecule has 0 unspecified atom stereocenters. The molecule has 0 radical (unpaired) electrons. The Kier molecular flexibility index (Phi) is 4.59. The van der Waals surface area contributed by atoms with Gasteiger partial charge in [-0.25, -0.2) is 4.39 Å². The maximum Gasteiger partial charge on any atom is 0.309 e. The predicted molar refractivity (Wildman–Crippen MR) is 64.5 cm³/mol. The molecule has 0 amide bonds. The molecule has 0 saturated carbocycles. The van der Waals surface area contributed by atoms with E-state index in [0.29, 0.717) is 12.1 Å². The highest BCUT2D eigenvalue weighted by Crippen LogP contribution is 2.27. The number of halogens is 2. The van der Waals surface area contributed by atoms with Gasteiger partial charge in [-0.2, -0.15) is 4.39 Å². The molecule has 8 heteroatoms. The number of aliphatic carboxylic acids is 1. The Morgan fingerprint density at radius 3 is 2.50 bits per heavy atom. The van der Waals surface area contributed by atoms with Crippen molar-refractivity contribution in [1.29, 1.82) is 0 Å². The summed E-state index contributed by atoms with van der Waals surface area (Å²) < 4.78 is 31.7. The number of carboxylic acids is 1. The lowest BCUT2D eigenvalue weighted by Crippen LogP contribution is -2.26. The zero-order chi connectivity index (χ0) is 15.5. The highest BCUT2D eigenvalue weighted by Gasteiger charge is 2.27. The van der Waals surface area contributed by atoms with Crippen LogP contribution < -0.4 is 4.74 Å². The van der Waals surface area contributed by atoms with Crippen molar-refractivity contribution >= 4 is 11.7 Å². The third-order valence-electron chi connectivity index (χ3n) is 2.76. The van der Waals surface area contributed by atoms with Crippen molar-refractivity contribution in [3.63, 3.8) is 0 Å². The van der Waals surface area contributed by atoms with E-state index in [4.69, 9.17) is 9.84 Å². The van der Waals surface area contributed by atoms with Gasteiger partial charge in [-0.15, -0.1) is 0 Å². The van der Waals surface area contributed by atoms with Gasteiger partial charge in [-0.05, 0) is 20.3 Å². The second-order valence-electron chi connectivity index (χ2n) is 4.78. The van der Waals surface area contributed by atoms with Crippen molar-refractivity contribution in [2.24, 2.45) is 5.41 Å². The fourth-order valence-corrected chi connectivity index (χ4v) is 1.29. The van der Waals surface area contributed by atoms with Gasteiger partial charge in [-0.1, -0.05) is 0 Å². The van der Waals surface area contributed by atoms with E-state index in [-0.39, 0.29) is 13.0 Å². The number of nitrogens with zero attached hydrogens (tertiary/aromatic N) is 1. The highest BCUT2D eigenvalue weighted by molar-refractivity contribution is 5.73. The summed E-state index contributed by atoms with van der Waals surface area (Å²) in [4.78, 5) is 20.2. The Balaban J connectivity index is 2.78. The Morgan fingerprint density at radius 1 is 1.40 bits per heavy atom. The van der Waals surface area contributed by atoms with Gasteiger partial charge in [0, 0.05) is 6.07 Å². The van der Waals surface area contributed by atoms with Crippen LogP contribution in [0, 0.1) is 27.2 Å². The highest BCUT2D eigenvalue weighted by atomic mass is 19.1. The molecule has 0 heterocycles. The van der Waals surface area contributed by atoms with Crippen LogP contribution in [0.4, 0.5) is 14.5 Å². The SMILES string of the molecule is CC(C)(CCOc1cc(F)c([N+](=O)[O-])cc1F)C(=O)O. The number of nitro groups is 1. The molecule has 0 aliphatic carbocycles. The van der Waals surface area contributed by atoms with Crippen molar-refractivity contribution in [2.45, 2.75) is 20.3 Å². The lowest BCUT2D eigenvalue weighted by Gasteiger charge is -2.19. The normalized spacial score (nSPS) is 11.2. The molecule has 0 aliphatic heterocycles. The van der Waals surface area contributed by atoms with Crippen LogP contribution in [0.15, 0.2) is 12.1 Å². The molecule has 0 atom stereocenters. The van der Waals surface area contributed by atoms with Gasteiger partial charge in [0.15, 0.2) is 11.6 Å². The molecule has 1 N–H and O–H groups in total. The van der Waals surface area contributed by atoms with E-state index in [1.807, 2.05) is 0 Å². The number of nitro benzene ring substituents is 1. The standard InChI is InChI=1S/C12H13F2NO5/c1-12(2,11(16)17)3-4-20-10-6-7(13)9(15(18)19)5-8(10)14/h5-6H,3-4H2,1-2H3,(H,16,17). The molecule has 1 aromatic carbocycles. The first-order valence-electron chi connectivity index (χ1n) is 5.65. The van der Waals surface area contributed by atoms with Crippen LogP contribution in [0.25, 0.3) is 0 Å². The number of hydrogen-bond acceptors (Lipinski definition) is 4. The number of benzene rings is 1. The number of hydrogen-bond donors (Lipinski definition) is 1. The molecule has 0 aliphatic rings. The summed E-state index contributed by atoms with van der Waals surface area (Å²) in [7, 11) is 0. The average Bonchev–Trinajstić information content (AvgIpc) is 2.32. The summed E-state index contributed by atoms with van der Waals surface area (Å²) in [6.45, 7) is 2.77. The Labute approximate surface area is 113 Å². The van der Waals surface area contributed by atoms with Crippen molar-refractivity contribution in [2.75, 3.05) is 6.61 Å². The molecule has 0 saturated heterocycles. The average molecular weight is 289 g/mol. The quantitative estimate of drug-likeness (QED) is 0.642. The van der Waals surface area contributed by atoms with E-state index >= 15 is 0 Å². The molecule has 1 rings (SSSR count). The summed E-state index contributed by atoms with van der Waals surface area (Å²) in [5.74, 6) is -3.83. The van der Waals surface area contributed by atoms with Gasteiger partial charge in [0.2, 0.25) is 5.82 Å². The first kappa shape index (κ1) is 15.8. The zero-order valence-electron chi connectivity index (χ0n) is 10.9. The van der Waals surface area contributed by atoms with Crippen LogP contribution in [0.2, 0.25) is 0 Å². The van der Waals surface area contributed by atoms with E-state index in [1.54, 1.807) is 0 Å². The maximum atomic E-state index is 13.5. The van der Waals surface area contributed by atoms with Gasteiger partial charge >= 0.3 is 11.7 Å². The number of ether oxygens (including phenoxy) is 1. The molecule has 0 bridgehead atoms. The third kappa shape index (κ3) is 3.62. The molecule has 110 valence electrons. The second-order valence-corrected chi connectivity index (χ2v) is 4.78. The molecule has 1 aromatic rings. The van der Waals surface area contributed by atoms with Gasteiger partial charge in [0.25, 0.3) is 0 Å². The number of carboxylic acid groups (broad SMARTS) is 1. The van der Waals surface area contributed by atoms with E-state index in [0.717, 1.165) is 0 Å². The summed E-state index contributed by atoms with van der Waals surface area (Å²) in [5.41, 5.74) is -2.06. The Bertz CT molecular complexity index is 545. The van der Waals surface area contributed by atoms with Crippen molar-refractivity contribution in [1.82, 2.24) is 0 Å². The van der Waals surface area contributed by atoms with Gasteiger partial charge < -0.3 is 9.84 Å². The molecular formula is C12H13F2NO5. The van der Waals surface area contributed by atoms with E-state index in [2.05, 4.69) is 0 Å². The topological polar surface area (TPSA) is 89.7 Å². The van der Waals surface area contributed by atoms with E-state index < -0.39 is 39.4 Å². The first-order valence-corrected chi connectivity index (χ1v) is 5.65. The molecule has 20 heavy (non-hydrogen) atoms. The van der Waals surface area contributed by atoms with Crippen LogP contribution in [0.1, 0.15) is 20.3 Å². The lowest BCUT2D eigenvalue weighted by molar-refractivity contribution is -0.387. The first-order chi connectivity index (χ1) is 9.15. The van der Waals surface area contributed by atoms with Crippen molar-refractivity contribution < 1.29 is 28.3 Å². The molecular weight excluding hydrogens is 276 g/mol. The summed E-state index contributed by atoms with van der Waals surface area (Å²) in [5, 5.41) is 19.3. The zero-order valence-corrected chi connectivity index (χ0v) is 10.9. The van der Waals surface area contributed by atoms with Gasteiger partial charge in [-0.3, -0.25) is 14.9 Å². The predicted octanol–water partition coefficient (Wildman–Crippen LogP) is 2.75. The summed E-state index contributed by atoms with van der Waals surface area (Å²) >= 11 is 0. The van der Waals surface area contributed by atoms with Crippen molar-refractivity contribution in [3.05, 3.63) is 33.9 Å². The minimum absolute atomic E-state index is 0.0698. The number of rotatable bonds is 6. The van der Waals surface area contributed by atoms with Crippen LogP contribution in [0.3, 0.4) is 0 Å². The minimum Gasteiger partial charge on any atom is -0.490 e. The third-order valence-corrected chi connectivity index (χ3v) is 2.76. The fraction of sp³-hybridized carbons (Fsp3) is 0.417. The molecule has 0 aromatic heterocycles. The Morgan fingerprint density at radius 2 is 2.00 bits per heavy atom. The van der Waals surface area contributed by atoms with E-state index in [9.17, 15) is 23.7 Å². The van der Waals surface area contributed by atoms with Crippen LogP contribution in [-0.2, 0) is 4.79 Å². The van der Waals surface area contributed by atoms with Gasteiger partial charge in [0.05, 0.1) is 23.0 Å². The molecule has 0 fully saturated rings. The summed E-state index contributed by atoms with van der Waals surface area (Å²) in [6, 6.07) is 0.994. The minimum atomic E-state index is -1.22. The second kappa shape index (κ2) is 5.81. The van der Waals surface area contributed by atoms with Crippen LogP contribution in [-0.4, -0.2) is 22.6 Å². The molecule has 0 spiro atoms. The smallest absolute Gasteiger partial charge is 0.309 e. The van der Waals surface area contributed by atoms with Crippen molar-refractivity contribution in [3.8, 4) is 5.75 Å². The lowest BCUT2D eigenvalue weighted by atomic mass is 9.90. The summed E-state index contributed by atoms with van der Waals surface area (Å²) in [6.07, 6.45) is 0.0698. The monoisotopic (exact) mass is 289 g/mol. The Hall–Kier alpha value is -2.25. The largest absolute Gasteiger partial charge is 0.490 e.